The minimum atomic E-state index is -1.27. The Labute approximate surface area is 220 Å². The highest BCUT2D eigenvalue weighted by atomic mass is 19.1. The van der Waals surface area contributed by atoms with Gasteiger partial charge in [0.25, 0.3) is 5.91 Å². The van der Waals surface area contributed by atoms with Gasteiger partial charge in [0.1, 0.15) is 11.5 Å². The first-order valence-corrected chi connectivity index (χ1v) is 12.7. The zero-order chi connectivity index (χ0) is 26.6. The van der Waals surface area contributed by atoms with Crippen LogP contribution >= 0.6 is 0 Å². The summed E-state index contributed by atoms with van der Waals surface area (Å²) < 4.78 is 16.2. The van der Waals surface area contributed by atoms with Gasteiger partial charge < -0.3 is 21.5 Å². The van der Waals surface area contributed by atoms with Crippen LogP contribution in [0, 0.1) is 5.92 Å². The maximum absolute atomic E-state index is 15.0. The number of carboxylic acids is 1. The molecule has 0 bridgehead atoms. The van der Waals surface area contributed by atoms with E-state index >= 15 is 0 Å². The Morgan fingerprint density at radius 1 is 1.11 bits per heavy atom. The molecule has 0 aliphatic heterocycles. The van der Waals surface area contributed by atoms with Crippen LogP contribution < -0.4 is 16.4 Å². The number of rotatable bonds is 10. The van der Waals surface area contributed by atoms with Gasteiger partial charge in [-0.05, 0) is 66.6 Å². The van der Waals surface area contributed by atoms with Gasteiger partial charge in [-0.2, -0.15) is 5.10 Å². The van der Waals surface area contributed by atoms with E-state index in [0.717, 1.165) is 23.2 Å². The number of nitrogens with zero attached hydrogens (tertiary/aromatic N) is 2. The van der Waals surface area contributed by atoms with Crippen LogP contribution in [0.15, 0.2) is 84.2 Å². The van der Waals surface area contributed by atoms with Crippen molar-refractivity contribution in [3.8, 4) is 5.69 Å². The summed E-state index contributed by atoms with van der Waals surface area (Å²) in [6.07, 6.45) is 5.86. The molecule has 8 nitrogen and oxygen atoms in total. The SMILES string of the molecule is NCc1cccc(-n2nc(C(=O)O)cc2C(=O)NC2CC(C(NCC3CC3)c3ccccc3)=CC=C2F)c1. The van der Waals surface area contributed by atoms with Crippen LogP contribution in [0.4, 0.5) is 4.39 Å². The number of aromatic nitrogens is 2. The van der Waals surface area contributed by atoms with E-state index in [1.807, 2.05) is 36.4 Å². The summed E-state index contributed by atoms with van der Waals surface area (Å²) >= 11 is 0. The predicted molar refractivity (Wildman–Crippen MR) is 141 cm³/mol. The average molecular weight is 516 g/mol. The lowest BCUT2D eigenvalue weighted by Gasteiger charge is -2.28. The van der Waals surface area contributed by atoms with Crippen molar-refractivity contribution in [1.82, 2.24) is 20.4 Å². The van der Waals surface area contributed by atoms with Crippen LogP contribution in [0.25, 0.3) is 5.69 Å². The molecule has 38 heavy (non-hydrogen) atoms. The molecule has 1 saturated carbocycles. The molecule has 9 heteroatoms. The molecule has 1 fully saturated rings. The van der Waals surface area contributed by atoms with E-state index < -0.39 is 23.7 Å². The Bertz CT molecular complexity index is 1390. The van der Waals surface area contributed by atoms with E-state index in [1.54, 1.807) is 24.3 Å². The van der Waals surface area contributed by atoms with E-state index in [9.17, 15) is 19.1 Å². The molecule has 2 atom stereocenters. The van der Waals surface area contributed by atoms with Crippen molar-refractivity contribution in [2.24, 2.45) is 11.7 Å². The zero-order valence-corrected chi connectivity index (χ0v) is 20.8. The molecule has 1 amide bonds. The fourth-order valence-corrected chi connectivity index (χ4v) is 4.64. The molecule has 0 spiro atoms. The largest absolute Gasteiger partial charge is 0.476 e. The van der Waals surface area contributed by atoms with Crippen LogP contribution in [0.5, 0.6) is 0 Å². The van der Waals surface area contributed by atoms with Gasteiger partial charge in [-0.25, -0.2) is 13.9 Å². The fraction of sp³-hybridized carbons (Fsp3) is 0.276. The number of halogens is 1. The van der Waals surface area contributed by atoms with Crippen molar-refractivity contribution in [3.05, 3.63) is 107 Å². The maximum Gasteiger partial charge on any atom is 0.356 e. The number of amides is 1. The van der Waals surface area contributed by atoms with Gasteiger partial charge in [0.2, 0.25) is 0 Å². The van der Waals surface area contributed by atoms with Crippen molar-refractivity contribution in [1.29, 1.82) is 0 Å². The number of aromatic carboxylic acids is 1. The Kier molecular flexibility index (Phi) is 7.48. The molecule has 0 saturated heterocycles. The maximum atomic E-state index is 15.0. The third-order valence-corrected chi connectivity index (χ3v) is 6.90. The number of nitrogens with one attached hydrogen (secondary N) is 2. The first-order valence-electron chi connectivity index (χ1n) is 12.7. The van der Waals surface area contributed by atoms with Crippen LogP contribution in [0.2, 0.25) is 0 Å². The molecule has 2 unspecified atom stereocenters. The molecule has 2 aliphatic rings. The van der Waals surface area contributed by atoms with Gasteiger partial charge in [-0.1, -0.05) is 48.5 Å². The second-order valence-corrected chi connectivity index (χ2v) is 9.72. The van der Waals surface area contributed by atoms with Crippen LogP contribution in [0.3, 0.4) is 0 Å². The quantitative estimate of drug-likeness (QED) is 0.323. The molecular formula is C29H30FN5O3. The van der Waals surface area contributed by atoms with Gasteiger partial charge in [-0.15, -0.1) is 0 Å². The van der Waals surface area contributed by atoms with Gasteiger partial charge in [-0.3, -0.25) is 4.79 Å². The van der Waals surface area contributed by atoms with Crippen molar-refractivity contribution in [3.63, 3.8) is 0 Å². The summed E-state index contributed by atoms with van der Waals surface area (Å²) in [7, 11) is 0. The number of carbonyl (C=O) groups is 2. The molecule has 1 heterocycles. The van der Waals surface area contributed by atoms with Crippen LogP contribution in [-0.4, -0.2) is 39.4 Å². The van der Waals surface area contributed by atoms with E-state index in [0.29, 0.717) is 11.6 Å². The van der Waals surface area contributed by atoms with E-state index in [2.05, 4.69) is 15.7 Å². The van der Waals surface area contributed by atoms with Gasteiger partial charge >= 0.3 is 5.97 Å². The Morgan fingerprint density at radius 2 is 1.89 bits per heavy atom. The third-order valence-electron chi connectivity index (χ3n) is 6.90. The molecule has 3 aromatic rings. The van der Waals surface area contributed by atoms with Crippen LogP contribution in [-0.2, 0) is 6.54 Å². The highest BCUT2D eigenvalue weighted by Crippen LogP contribution is 2.33. The van der Waals surface area contributed by atoms with Crippen molar-refractivity contribution >= 4 is 11.9 Å². The lowest BCUT2D eigenvalue weighted by atomic mass is 9.89. The lowest BCUT2D eigenvalue weighted by molar-refractivity contribution is 0.0689. The number of allylic oxidation sites excluding steroid dienone is 2. The van der Waals surface area contributed by atoms with E-state index in [4.69, 9.17) is 5.73 Å². The smallest absolute Gasteiger partial charge is 0.356 e. The Morgan fingerprint density at radius 3 is 2.61 bits per heavy atom. The van der Waals surface area contributed by atoms with Gasteiger partial charge in [0, 0.05) is 12.6 Å². The monoisotopic (exact) mass is 515 g/mol. The van der Waals surface area contributed by atoms with E-state index in [1.165, 1.54) is 29.7 Å². The average Bonchev–Trinajstić information content (AvgIpc) is 3.65. The number of hydrogen-bond donors (Lipinski definition) is 4. The first kappa shape index (κ1) is 25.6. The number of benzene rings is 2. The minimum absolute atomic E-state index is 0.00746. The standard InChI is InChI=1S/C29H30FN5O3/c30-23-12-11-21(27(32-17-18-9-10-18)20-6-2-1-3-7-20)14-24(23)33-28(36)26-15-25(29(37)38)34-35(26)22-8-4-5-19(13-22)16-31/h1-8,11-13,15,18,24,27,32H,9-10,14,16-17,31H2,(H,33,36)(H,37,38). The second-order valence-electron chi connectivity index (χ2n) is 9.72. The molecule has 5 N–H and O–H groups in total. The first-order chi connectivity index (χ1) is 18.4. The summed E-state index contributed by atoms with van der Waals surface area (Å²) in [6.45, 7) is 1.14. The highest BCUT2D eigenvalue weighted by Gasteiger charge is 2.30. The Hall–Kier alpha value is -4.08. The van der Waals surface area contributed by atoms with Crippen molar-refractivity contribution < 1.29 is 19.1 Å². The topological polar surface area (TPSA) is 122 Å². The molecule has 2 aliphatic carbocycles. The highest BCUT2D eigenvalue weighted by molar-refractivity contribution is 5.96. The normalized spacial score (nSPS) is 17.9. The lowest BCUT2D eigenvalue weighted by Crippen LogP contribution is -2.39. The molecular weight excluding hydrogens is 485 g/mol. The second kappa shape index (κ2) is 11.1. The van der Waals surface area contributed by atoms with Crippen molar-refractivity contribution in [2.45, 2.75) is 37.9 Å². The van der Waals surface area contributed by atoms with E-state index in [-0.39, 0.29) is 30.4 Å². The Balaban J connectivity index is 1.39. The summed E-state index contributed by atoms with van der Waals surface area (Å²) in [4.78, 5) is 25.0. The molecule has 1 aromatic heterocycles. The predicted octanol–water partition coefficient (Wildman–Crippen LogP) is 4.05. The molecule has 5 rings (SSSR count). The van der Waals surface area contributed by atoms with Gasteiger partial charge in [0.15, 0.2) is 5.69 Å². The van der Waals surface area contributed by atoms with Gasteiger partial charge in [0.05, 0.1) is 17.8 Å². The number of carbonyl (C=O) groups excluding carboxylic acids is 1. The summed E-state index contributed by atoms with van der Waals surface area (Å²) in [6, 6.07) is 17.2. The zero-order valence-electron chi connectivity index (χ0n) is 20.8. The summed E-state index contributed by atoms with van der Waals surface area (Å²) in [5, 5.41) is 20.0. The number of nitrogens with two attached hydrogens (primary N) is 1. The summed E-state index contributed by atoms with van der Waals surface area (Å²) in [5.41, 5.74) is 8.76. The van der Waals surface area contributed by atoms with Crippen molar-refractivity contribution in [2.75, 3.05) is 6.54 Å². The minimum Gasteiger partial charge on any atom is -0.476 e. The third kappa shape index (κ3) is 5.74. The summed E-state index contributed by atoms with van der Waals surface area (Å²) in [5.74, 6) is -1.70. The molecule has 0 radical (unpaired) electrons. The number of carboxylic acid groups (broad SMARTS) is 1. The fourth-order valence-electron chi connectivity index (χ4n) is 4.64. The molecule has 2 aromatic carbocycles. The molecule has 196 valence electrons. The van der Waals surface area contributed by atoms with Crippen LogP contribution in [0.1, 0.15) is 57.4 Å². The number of hydrogen-bond acceptors (Lipinski definition) is 5.